The first-order valence-corrected chi connectivity index (χ1v) is 6.41. The van der Waals surface area contributed by atoms with Crippen LogP contribution in [0.15, 0.2) is 6.20 Å². The number of hydrogen-bond donors (Lipinski definition) is 2. The van der Waals surface area contributed by atoms with Crippen LogP contribution in [0.2, 0.25) is 0 Å². The van der Waals surface area contributed by atoms with Crippen LogP contribution in [0.4, 0.5) is 0 Å². The van der Waals surface area contributed by atoms with Gasteiger partial charge in [0.15, 0.2) is 0 Å². The van der Waals surface area contributed by atoms with Crippen LogP contribution in [0.3, 0.4) is 0 Å². The summed E-state index contributed by atoms with van der Waals surface area (Å²) < 4.78 is 1.86. The van der Waals surface area contributed by atoms with Crippen molar-refractivity contribution in [2.24, 2.45) is 11.1 Å². The summed E-state index contributed by atoms with van der Waals surface area (Å²) in [6.07, 6.45) is 5.81. The van der Waals surface area contributed by atoms with E-state index < -0.39 is 0 Å². The number of nitrogens with one attached hydrogen (secondary N) is 1. The minimum absolute atomic E-state index is 0.463. The molecular weight excluding hydrogens is 214 g/mol. The van der Waals surface area contributed by atoms with E-state index >= 15 is 0 Å². The SMILES string of the molecule is CC1(C)CCC(NCCn2cc(CN)nn2)C1. The number of nitrogens with two attached hydrogens (primary N) is 1. The molecule has 3 N–H and O–H groups in total. The van der Waals surface area contributed by atoms with Crippen molar-refractivity contribution >= 4 is 0 Å². The summed E-state index contributed by atoms with van der Waals surface area (Å²) >= 11 is 0. The Labute approximate surface area is 103 Å². The molecule has 5 heteroatoms. The van der Waals surface area contributed by atoms with Gasteiger partial charge in [-0.2, -0.15) is 0 Å². The molecule has 0 radical (unpaired) electrons. The Bertz CT molecular complexity index is 358. The average molecular weight is 237 g/mol. The number of aromatic nitrogens is 3. The van der Waals surface area contributed by atoms with Crippen LogP contribution >= 0.6 is 0 Å². The number of hydrogen-bond acceptors (Lipinski definition) is 4. The lowest BCUT2D eigenvalue weighted by Gasteiger charge is -2.17. The molecule has 0 saturated heterocycles. The van der Waals surface area contributed by atoms with Gasteiger partial charge in [-0.15, -0.1) is 5.10 Å². The standard InChI is InChI=1S/C12H23N5/c1-12(2)4-3-10(7-12)14-5-6-17-9-11(8-13)15-16-17/h9-10,14H,3-8,13H2,1-2H3. The quantitative estimate of drug-likeness (QED) is 0.798. The Morgan fingerprint density at radius 3 is 3.00 bits per heavy atom. The molecule has 1 atom stereocenters. The number of nitrogens with zero attached hydrogens (tertiary/aromatic N) is 3. The zero-order chi connectivity index (χ0) is 12.3. The van der Waals surface area contributed by atoms with Gasteiger partial charge in [-0.25, -0.2) is 0 Å². The molecule has 1 unspecified atom stereocenters. The van der Waals surface area contributed by atoms with E-state index in [4.69, 9.17) is 5.73 Å². The highest BCUT2D eigenvalue weighted by Gasteiger charge is 2.30. The summed E-state index contributed by atoms with van der Waals surface area (Å²) in [5.74, 6) is 0. The van der Waals surface area contributed by atoms with E-state index in [1.165, 1.54) is 19.3 Å². The van der Waals surface area contributed by atoms with Crippen LogP contribution in [0, 0.1) is 5.41 Å². The van der Waals surface area contributed by atoms with Gasteiger partial charge in [-0.1, -0.05) is 19.1 Å². The highest BCUT2D eigenvalue weighted by molar-refractivity contribution is 4.90. The van der Waals surface area contributed by atoms with Crippen LogP contribution in [0.1, 0.15) is 38.8 Å². The highest BCUT2D eigenvalue weighted by atomic mass is 15.4. The van der Waals surface area contributed by atoms with Gasteiger partial charge >= 0.3 is 0 Å². The van der Waals surface area contributed by atoms with Crippen molar-refractivity contribution in [3.05, 3.63) is 11.9 Å². The molecule has 0 aliphatic heterocycles. The minimum Gasteiger partial charge on any atom is -0.325 e. The number of rotatable bonds is 5. The van der Waals surface area contributed by atoms with E-state index in [1.807, 2.05) is 10.9 Å². The Hall–Kier alpha value is -0.940. The van der Waals surface area contributed by atoms with Gasteiger partial charge in [-0.05, 0) is 24.7 Å². The van der Waals surface area contributed by atoms with Gasteiger partial charge in [0.25, 0.3) is 0 Å². The van der Waals surface area contributed by atoms with Crippen LogP contribution in [0.25, 0.3) is 0 Å². The van der Waals surface area contributed by atoms with Gasteiger partial charge in [0, 0.05) is 25.3 Å². The summed E-state index contributed by atoms with van der Waals surface area (Å²) in [5, 5.41) is 11.6. The normalized spacial score (nSPS) is 23.1. The van der Waals surface area contributed by atoms with Crippen LogP contribution in [-0.4, -0.2) is 27.6 Å². The maximum absolute atomic E-state index is 5.49. The molecule has 0 bridgehead atoms. The summed E-state index contributed by atoms with van der Waals surface area (Å²) in [6, 6.07) is 0.669. The molecule has 1 aliphatic carbocycles. The lowest BCUT2D eigenvalue weighted by atomic mass is 9.92. The van der Waals surface area contributed by atoms with Crippen LogP contribution in [0.5, 0.6) is 0 Å². The van der Waals surface area contributed by atoms with Crippen molar-refractivity contribution in [3.8, 4) is 0 Å². The first-order chi connectivity index (χ1) is 8.09. The Morgan fingerprint density at radius 1 is 1.59 bits per heavy atom. The van der Waals surface area contributed by atoms with E-state index in [-0.39, 0.29) is 0 Å². The summed E-state index contributed by atoms with van der Waals surface area (Å²) in [4.78, 5) is 0. The third-order valence-corrected chi connectivity index (χ3v) is 3.54. The highest BCUT2D eigenvalue weighted by Crippen LogP contribution is 2.36. The first-order valence-electron chi connectivity index (χ1n) is 6.41. The maximum atomic E-state index is 5.49. The van der Waals surface area contributed by atoms with E-state index in [1.54, 1.807) is 0 Å². The zero-order valence-electron chi connectivity index (χ0n) is 10.8. The minimum atomic E-state index is 0.463. The largest absolute Gasteiger partial charge is 0.325 e. The predicted octanol–water partition coefficient (Wildman–Crippen LogP) is 0.905. The molecule has 1 aromatic heterocycles. The topological polar surface area (TPSA) is 68.8 Å². The Morgan fingerprint density at radius 2 is 2.41 bits per heavy atom. The monoisotopic (exact) mass is 237 g/mol. The van der Waals surface area contributed by atoms with Crippen molar-refractivity contribution in [3.63, 3.8) is 0 Å². The molecule has 17 heavy (non-hydrogen) atoms. The van der Waals surface area contributed by atoms with Crippen molar-refractivity contribution in [1.82, 2.24) is 20.3 Å². The molecule has 1 saturated carbocycles. The molecule has 1 heterocycles. The van der Waals surface area contributed by atoms with E-state index in [0.29, 0.717) is 18.0 Å². The molecule has 1 aliphatic rings. The van der Waals surface area contributed by atoms with Gasteiger partial charge in [0.05, 0.1) is 12.2 Å². The average Bonchev–Trinajstić information content (AvgIpc) is 2.85. The molecule has 0 aromatic carbocycles. The van der Waals surface area contributed by atoms with Crippen molar-refractivity contribution in [1.29, 1.82) is 0 Å². The lowest BCUT2D eigenvalue weighted by Crippen LogP contribution is -2.30. The zero-order valence-corrected chi connectivity index (χ0v) is 10.8. The fourth-order valence-corrected chi connectivity index (χ4v) is 2.53. The molecule has 1 aromatic rings. The second-order valence-corrected chi connectivity index (χ2v) is 5.74. The molecular formula is C12H23N5. The second kappa shape index (κ2) is 5.14. The van der Waals surface area contributed by atoms with E-state index in [0.717, 1.165) is 18.8 Å². The third-order valence-electron chi connectivity index (χ3n) is 3.54. The fraction of sp³-hybridized carbons (Fsp3) is 0.833. The Balaban J connectivity index is 1.69. The Kier molecular flexibility index (Phi) is 3.79. The summed E-state index contributed by atoms with van der Waals surface area (Å²) in [6.45, 7) is 6.97. The van der Waals surface area contributed by atoms with E-state index in [9.17, 15) is 0 Å². The first kappa shape index (κ1) is 12.5. The molecule has 0 spiro atoms. The van der Waals surface area contributed by atoms with Crippen molar-refractivity contribution < 1.29 is 0 Å². The van der Waals surface area contributed by atoms with Crippen LogP contribution in [-0.2, 0) is 13.1 Å². The van der Waals surface area contributed by atoms with Gasteiger partial charge in [0.2, 0.25) is 0 Å². The summed E-state index contributed by atoms with van der Waals surface area (Å²) in [7, 11) is 0. The maximum Gasteiger partial charge on any atom is 0.0962 e. The molecule has 96 valence electrons. The molecule has 1 fully saturated rings. The third kappa shape index (κ3) is 3.51. The smallest absolute Gasteiger partial charge is 0.0962 e. The second-order valence-electron chi connectivity index (χ2n) is 5.74. The fourth-order valence-electron chi connectivity index (χ4n) is 2.53. The predicted molar refractivity (Wildman–Crippen MR) is 67.3 cm³/mol. The van der Waals surface area contributed by atoms with Gasteiger partial charge in [0.1, 0.15) is 0 Å². The van der Waals surface area contributed by atoms with Crippen molar-refractivity contribution in [2.75, 3.05) is 6.54 Å². The van der Waals surface area contributed by atoms with Gasteiger partial charge < -0.3 is 11.1 Å². The lowest BCUT2D eigenvalue weighted by molar-refractivity contribution is 0.362. The molecule has 0 amide bonds. The van der Waals surface area contributed by atoms with Crippen molar-refractivity contribution in [2.45, 2.75) is 52.2 Å². The summed E-state index contributed by atoms with van der Waals surface area (Å²) in [5.41, 5.74) is 6.86. The van der Waals surface area contributed by atoms with Crippen LogP contribution < -0.4 is 11.1 Å². The van der Waals surface area contributed by atoms with Gasteiger partial charge in [-0.3, -0.25) is 4.68 Å². The molecule has 5 nitrogen and oxygen atoms in total. The van der Waals surface area contributed by atoms with E-state index in [2.05, 4.69) is 29.5 Å². The molecule has 2 rings (SSSR count).